The van der Waals surface area contributed by atoms with E-state index in [1.165, 1.54) is 22.8 Å². The summed E-state index contributed by atoms with van der Waals surface area (Å²) in [7, 11) is 0. The highest BCUT2D eigenvalue weighted by atomic mass is 127. The molecule has 4 aliphatic rings. The molecule has 0 aromatic carbocycles. The van der Waals surface area contributed by atoms with E-state index in [-0.39, 0.29) is 0 Å². The zero-order valence-corrected chi connectivity index (χ0v) is 9.83. The Kier molecular flexibility index (Phi) is 1.82. The van der Waals surface area contributed by atoms with Crippen molar-refractivity contribution in [3.63, 3.8) is 0 Å². The van der Waals surface area contributed by atoms with Gasteiger partial charge in [0, 0.05) is 3.58 Å². The predicted molar refractivity (Wildman–Crippen MR) is 60.6 cm³/mol. The molecule has 2 fully saturated rings. The van der Waals surface area contributed by atoms with Gasteiger partial charge in [-0.3, -0.25) is 0 Å². The van der Waals surface area contributed by atoms with E-state index < -0.39 is 5.60 Å². The van der Waals surface area contributed by atoms with Crippen molar-refractivity contribution in [3.8, 4) is 0 Å². The summed E-state index contributed by atoms with van der Waals surface area (Å²) >= 11 is 2.36. The van der Waals surface area contributed by atoms with Crippen LogP contribution >= 0.6 is 22.6 Å². The maximum absolute atomic E-state index is 10.5. The molecule has 0 aromatic heterocycles. The molecule has 0 heterocycles. The average Bonchev–Trinajstić information content (AvgIpc) is 2.12. The number of halogens is 1. The van der Waals surface area contributed by atoms with Crippen LogP contribution in [0.5, 0.6) is 0 Å². The van der Waals surface area contributed by atoms with Gasteiger partial charge in [-0.05, 0) is 72.4 Å². The molecule has 0 spiro atoms. The third-order valence-corrected chi connectivity index (χ3v) is 5.38. The molecule has 0 radical (unpaired) electrons. The molecular formula is C11H15IO. The van der Waals surface area contributed by atoms with E-state index >= 15 is 0 Å². The van der Waals surface area contributed by atoms with Crippen LogP contribution < -0.4 is 0 Å². The topological polar surface area (TPSA) is 20.2 Å². The number of allylic oxidation sites excluding steroid dienone is 1. The summed E-state index contributed by atoms with van der Waals surface area (Å²) in [6.07, 6.45) is 8.48. The predicted octanol–water partition coefficient (Wildman–Crippen LogP) is 2.88. The first-order chi connectivity index (χ1) is 6.16. The van der Waals surface area contributed by atoms with E-state index in [0.29, 0.717) is 0 Å². The molecule has 0 aliphatic heterocycles. The second kappa shape index (κ2) is 2.72. The van der Waals surface area contributed by atoms with E-state index in [1.54, 1.807) is 0 Å². The lowest BCUT2D eigenvalue weighted by Gasteiger charge is -2.43. The Morgan fingerprint density at radius 1 is 1.23 bits per heavy atom. The Hall–Kier alpha value is 0.430. The van der Waals surface area contributed by atoms with Crippen molar-refractivity contribution in [1.29, 1.82) is 0 Å². The number of hydrogen-bond acceptors (Lipinski definition) is 1. The molecule has 4 atom stereocenters. The standard InChI is InChI=1S/C11H15IO/c12-10-4-7-1-8-3-9(2-7)6-11(10,13)5-8/h4,7-9,13H,1-3,5-6H2/t7?,8-,9+,11?. The van der Waals surface area contributed by atoms with Crippen molar-refractivity contribution >= 4 is 22.6 Å². The Bertz CT molecular complexity index is 257. The summed E-state index contributed by atoms with van der Waals surface area (Å²) in [4.78, 5) is 0. The van der Waals surface area contributed by atoms with Gasteiger partial charge in [0.15, 0.2) is 0 Å². The van der Waals surface area contributed by atoms with Crippen molar-refractivity contribution in [2.75, 3.05) is 0 Å². The number of aliphatic hydroxyl groups is 1. The van der Waals surface area contributed by atoms with E-state index in [1.807, 2.05) is 0 Å². The minimum absolute atomic E-state index is 0.417. The van der Waals surface area contributed by atoms with Gasteiger partial charge in [0.2, 0.25) is 0 Å². The summed E-state index contributed by atoms with van der Waals surface area (Å²) in [5, 5.41) is 10.5. The van der Waals surface area contributed by atoms with Gasteiger partial charge in [-0.2, -0.15) is 0 Å². The van der Waals surface area contributed by atoms with Gasteiger partial charge in [0.25, 0.3) is 0 Å². The summed E-state index contributed by atoms with van der Waals surface area (Å²) in [6.45, 7) is 0. The highest BCUT2D eigenvalue weighted by molar-refractivity contribution is 14.1. The van der Waals surface area contributed by atoms with Crippen LogP contribution in [-0.4, -0.2) is 10.7 Å². The van der Waals surface area contributed by atoms with Gasteiger partial charge in [-0.15, -0.1) is 0 Å². The summed E-state index contributed by atoms with van der Waals surface area (Å²) in [6, 6.07) is 0. The van der Waals surface area contributed by atoms with Crippen LogP contribution in [-0.2, 0) is 0 Å². The van der Waals surface area contributed by atoms with Crippen molar-refractivity contribution < 1.29 is 5.11 Å². The molecular weight excluding hydrogens is 275 g/mol. The van der Waals surface area contributed by atoms with Crippen LogP contribution in [0.15, 0.2) is 9.66 Å². The van der Waals surface area contributed by atoms with Crippen molar-refractivity contribution in [2.24, 2.45) is 17.8 Å². The Morgan fingerprint density at radius 3 is 2.46 bits per heavy atom. The summed E-state index contributed by atoms with van der Waals surface area (Å²) in [5.74, 6) is 2.41. The van der Waals surface area contributed by atoms with Crippen molar-refractivity contribution in [3.05, 3.63) is 9.66 Å². The summed E-state index contributed by atoms with van der Waals surface area (Å²) < 4.78 is 1.24. The molecule has 0 aromatic rings. The minimum Gasteiger partial charge on any atom is -0.385 e. The molecule has 4 rings (SSSR count). The lowest BCUT2D eigenvalue weighted by molar-refractivity contribution is -0.0144. The molecule has 1 N–H and O–H groups in total. The maximum atomic E-state index is 10.5. The fraction of sp³-hybridized carbons (Fsp3) is 0.818. The molecule has 0 amide bonds. The first-order valence-corrected chi connectivity index (χ1v) is 6.34. The molecule has 2 heteroatoms. The van der Waals surface area contributed by atoms with Crippen LogP contribution in [0.3, 0.4) is 0 Å². The van der Waals surface area contributed by atoms with Crippen molar-refractivity contribution in [2.45, 2.75) is 37.7 Å². The van der Waals surface area contributed by atoms with Gasteiger partial charge in [-0.1, -0.05) is 6.08 Å². The molecule has 72 valence electrons. The van der Waals surface area contributed by atoms with Crippen LogP contribution in [0.4, 0.5) is 0 Å². The van der Waals surface area contributed by atoms with Crippen LogP contribution in [0.25, 0.3) is 0 Å². The maximum Gasteiger partial charge on any atom is 0.0955 e. The zero-order chi connectivity index (χ0) is 9.05. The van der Waals surface area contributed by atoms with Crippen LogP contribution in [0.2, 0.25) is 0 Å². The fourth-order valence-corrected chi connectivity index (χ4v) is 4.63. The number of hydrogen-bond donors (Lipinski definition) is 1. The summed E-state index contributed by atoms with van der Waals surface area (Å²) in [5.41, 5.74) is -0.417. The average molecular weight is 290 g/mol. The second-order valence-corrected chi connectivity index (χ2v) is 6.32. The molecule has 1 nitrogen and oxygen atoms in total. The largest absolute Gasteiger partial charge is 0.385 e. The van der Waals surface area contributed by atoms with Crippen LogP contribution in [0.1, 0.15) is 32.1 Å². The highest BCUT2D eigenvalue weighted by Gasteiger charge is 2.47. The lowest BCUT2D eigenvalue weighted by atomic mass is 9.66. The van der Waals surface area contributed by atoms with Gasteiger partial charge in [0.1, 0.15) is 0 Å². The Morgan fingerprint density at radius 2 is 1.85 bits per heavy atom. The normalized spacial score (nSPS) is 53.4. The SMILES string of the molecule is OC12C[C@@H]3CC(C=C1I)C[C@@H](C3)C2. The molecule has 0 saturated heterocycles. The highest BCUT2D eigenvalue weighted by Crippen LogP contribution is 2.53. The van der Waals surface area contributed by atoms with Crippen LogP contribution in [0, 0.1) is 17.8 Å². The van der Waals surface area contributed by atoms with Crippen molar-refractivity contribution in [1.82, 2.24) is 0 Å². The van der Waals surface area contributed by atoms with E-state index in [9.17, 15) is 5.11 Å². The molecule has 4 bridgehead atoms. The Labute approximate surface area is 92.7 Å². The third kappa shape index (κ3) is 1.29. The van der Waals surface area contributed by atoms with Gasteiger partial charge in [0.05, 0.1) is 5.60 Å². The fourth-order valence-electron chi connectivity index (χ4n) is 3.68. The van der Waals surface area contributed by atoms with Gasteiger partial charge < -0.3 is 5.11 Å². The molecule has 2 unspecified atom stereocenters. The second-order valence-electron chi connectivity index (χ2n) is 5.15. The monoisotopic (exact) mass is 290 g/mol. The van der Waals surface area contributed by atoms with E-state index in [4.69, 9.17) is 0 Å². The third-order valence-electron chi connectivity index (χ3n) is 4.02. The zero-order valence-electron chi connectivity index (χ0n) is 7.67. The van der Waals surface area contributed by atoms with Gasteiger partial charge in [-0.25, -0.2) is 0 Å². The number of rotatable bonds is 0. The first kappa shape index (κ1) is 8.72. The lowest BCUT2D eigenvalue weighted by Crippen LogP contribution is -2.40. The van der Waals surface area contributed by atoms with E-state index in [0.717, 1.165) is 30.6 Å². The smallest absolute Gasteiger partial charge is 0.0955 e. The van der Waals surface area contributed by atoms with E-state index in [2.05, 4.69) is 28.7 Å². The molecule has 2 saturated carbocycles. The quantitative estimate of drug-likeness (QED) is 0.680. The molecule has 4 aliphatic carbocycles. The first-order valence-electron chi connectivity index (χ1n) is 5.26. The Balaban J connectivity index is 2.05. The van der Waals surface area contributed by atoms with Gasteiger partial charge >= 0.3 is 0 Å². The minimum atomic E-state index is -0.417. The molecule has 13 heavy (non-hydrogen) atoms.